The molecule has 0 aliphatic rings. The van der Waals surface area contributed by atoms with Crippen LogP contribution in [0.4, 0.5) is 0 Å². The molecule has 0 aromatic carbocycles. The van der Waals surface area contributed by atoms with E-state index in [4.69, 9.17) is 9.47 Å². The highest BCUT2D eigenvalue weighted by molar-refractivity contribution is 5.93. The van der Waals surface area contributed by atoms with Gasteiger partial charge in [0.1, 0.15) is 13.2 Å². The first-order chi connectivity index (χ1) is 14.5. The van der Waals surface area contributed by atoms with Crippen LogP contribution < -0.4 is 0 Å². The SMILES string of the molecule is CCCCCCCCC(=O)COC(=O)/C=C/C(=O)OCC(=O)CCCCCCCC. The Hall–Kier alpha value is -1.98. The maximum absolute atomic E-state index is 11.7. The predicted octanol–water partition coefficient (Wildman–Crippen LogP) is 5.27. The third-order valence-corrected chi connectivity index (χ3v) is 4.72. The van der Waals surface area contributed by atoms with Gasteiger partial charge in [-0.15, -0.1) is 0 Å². The summed E-state index contributed by atoms with van der Waals surface area (Å²) < 4.78 is 9.64. The molecule has 0 aromatic heterocycles. The zero-order chi connectivity index (χ0) is 22.5. The Labute approximate surface area is 181 Å². The zero-order valence-electron chi connectivity index (χ0n) is 18.9. The van der Waals surface area contributed by atoms with E-state index in [0.717, 1.165) is 50.7 Å². The highest BCUT2D eigenvalue weighted by atomic mass is 16.5. The number of ether oxygens (including phenoxy) is 2. The van der Waals surface area contributed by atoms with Crippen LogP contribution in [-0.2, 0) is 28.7 Å². The fourth-order valence-corrected chi connectivity index (χ4v) is 2.88. The number of unbranched alkanes of at least 4 members (excludes halogenated alkanes) is 10. The first kappa shape index (κ1) is 28.0. The average Bonchev–Trinajstić information content (AvgIpc) is 2.74. The molecule has 172 valence electrons. The van der Waals surface area contributed by atoms with Crippen LogP contribution >= 0.6 is 0 Å². The number of ketones is 2. The van der Waals surface area contributed by atoms with Gasteiger partial charge in [-0.05, 0) is 12.8 Å². The molecule has 6 heteroatoms. The maximum atomic E-state index is 11.7. The number of esters is 2. The lowest BCUT2D eigenvalue weighted by Gasteiger charge is -2.03. The van der Waals surface area contributed by atoms with E-state index in [-0.39, 0.29) is 24.8 Å². The molecule has 0 saturated carbocycles. The van der Waals surface area contributed by atoms with Crippen LogP contribution in [0.1, 0.15) is 104 Å². The molecule has 0 aromatic rings. The topological polar surface area (TPSA) is 86.7 Å². The Kier molecular flexibility index (Phi) is 19.0. The highest BCUT2D eigenvalue weighted by Gasteiger charge is 2.08. The minimum absolute atomic E-state index is 0.130. The molecule has 0 bridgehead atoms. The standard InChI is InChI=1S/C24H40O6/c1-3-5-7-9-11-13-15-21(25)19-29-23(27)17-18-24(28)30-20-22(26)16-14-12-10-8-6-4-2/h17-18H,3-16,19-20H2,1-2H3/b18-17+. The van der Waals surface area contributed by atoms with Crippen molar-refractivity contribution in [1.82, 2.24) is 0 Å². The molecule has 30 heavy (non-hydrogen) atoms. The summed E-state index contributed by atoms with van der Waals surface area (Å²) >= 11 is 0. The number of hydrogen-bond donors (Lipinski definition) is 0. The normalized spacial score (nSPS) is 10.9. The molecular weight excluding hydrogens is 384 g/mol. The number of carbonyl (C=O) groups excluding carboxylic acids is 4. The summed E-state index contributed by atoms with van der Waals surface area (Å²) in [7, 11) is 0. The third-order valence-electron chi connectivity index (χ3n) is 4.72. The Morgan fingerprint density at radius 3 is 1.23 bits per heavy atom. The number of rotatable bonds is 20. The van der Waals surface area contributed by atoms with Gasteiger partial charge in [-0.1, -0.05) is 78.1 Å². The van der Waals surface area contributed by atoms with Crippen molar-refractivity contribution in [2.24, 2.45) is 0 Å². The van der Waals surface area contributed by atoms with E-state index in [1.807, 2.05) is 0 Å². The van der Waals surface area contributed by atoms with Gasteiger partial charge in [-0.2, -0.15) is 0 Å². The first-order valence-corrected chi connectivity index (χ1v) is 11.5. The first-order valence-electron chi connectivity index (χ1n) is 11.5. The van der Waals surface area contributed by atoms with E-state index in [0.29, 0.717) is 12.8 Å². The lowest BCUT2D eigenvalue weighted by atomic mass is 10.1. The second-order valence-corrected chi connectivity index (χ2v) is 7.66. The van der Waals surface area contributed by atoms with Crippen molar-refractivity contribution in [3.05, 3.63) is 12.2 Å². The Morgan fingerprint density at radius 2 is 0.867 bits per heavy atom. The molecule has 0 rings (SSSR count). The summed E-state index contributed by atoms with van der Waals surface area (Å²) in [6.07, 6.45) is 15.6. The molecule has 0 N–H and O–H groups in total. The number of hydrogen-bond acceptors (Lipinski definition) is 6. The molecule has 0 fully saturated rings. The van der Waals surface area contributed by atoms with Crippen molar-refractivity contribution >= 4 is 23.5 Å². The van der Waals surface area contributed by atoms with E-state index in [9.17, 15) is 19.2 Å². The molecule has 0 aliphatic heterocycles. The lowest BCUT2D eigenvalue weighted by Crippen LogP contribution is -2.14. The molecule has 0 atom stereocenters. The quantitative estimate of drug-likeness (QED) is 0.150. The molecule has 0 saturated heterocycles. The van der Waals surface area contributed by atoms with Crippen LogP contribution in [0.5, 0.6) is 0 Å². The van der Waals surface area contributed by atoms with E-state index in [1.54, 1.807) is 0 Å². The average molecular weight is 425 g/mol. The smallest absolute Gasteiger partial charge is 0.331 e. The Morgan fingerprint density at radius 1 is 0.533 bits per heavy atom. The van der Waals surface area contributed by atoms with Gasteiger partial charge in [0.05, 0.1) is 0 Å². The van der Waals surface area contributed by atoms with Crippen LogP contribution in [0.3, 0.4) is 0 Å². The predicted molar refractivity (Wildman–Crippen MR) is 117 cm³/mol. The molecule has 0 spiro atoms. The number of Topliss-reactive ketones (excluding diaryl/α,β-unsaturated/α-hetero) is 2. The van der Waals surface area contributed by atoms with Crippen LogP contribution in [0.15, 0.2) is 12.2 Å². The minimum atomic E-state index is -0.776. The highest BCUT2D eigenvalue weighted by Crippen LogP contribution is 2.08. The molecule has 0 heterocycles. The second-order valence-electron chi connectivity index (χ2n) is 7.66. The second kappa shape index (κ2) is 20.3. The molecule has 0 amide bonds. The molecule has 0 aliphatic carbocycles. The maximum Gasteiger partial charge on any atom is 0.331 e. The van der Waals surface area contributed by atoms with E-state index in [2.05, 4.69) is 13.8 Å². The van der Waals surface area contributed by atoms with Crippen LogP contribution in [0.25, 0.3) is 0 Å². The van der Waals surface area contributed by atoms with Gasteiger partial charge < -0.3 is 9.47 Å². The van der Waals surface area contributed by atoms with Crippen LogP contribution in [0, 0.1) is 0 Å². The minimum Gasteiger partial charge on any atom is -0.455 e. The fourth-order valence-electron chi connectivity index (χ4n) is 2.88. The van der Waals surface area contributed by atoms with Gasteiger partial charge in [-0.25, -0.2) is 9.59 Å². The van der Waals surface area contributed by atoms with Gasteiger partial charge in [0.2, 0.25) is 0 Å². The van der Waals surface area contributed by atoms with E-state index < -0.39 is 11.9 Å². The van der Waals surface area contributed by atoms with Crippen molar-refractivity contribution in [2.45, 2.75) is 104 Å². The Balaban J connectivity index is 3.75. The summed E-state index contributed by atoms with van der Waals surface area (Å²) in [6, 6.07) is 0. The van der Waals surface area contributed by atoms with Crippen molar-refractivity contribution in [3.8, 4) is 0 Å². The Bertz CT molecular complexity index is 478. The number of carbonyl (C=O) groups is 4. The van der Waals surface area contributed by atoms with Crippen LogP contribution in [0.2, 0.25) is 0 Å². The summed E-state index contributed by atoms with van der Waals surface area (Å²) in [4.78, 5) is 46.5. The van der Waals surface area contributed by atoms with Crippen molar-refractivity contribution in [1.29, 1.82) is 0 Å². The van der Waals surface area contributed by atoms with Crippen molar-refractivity contribution in [3.63, 3.8) is 0 Å². The monoisotopic (exact) mass is 424 g/mol. The zero-order valence-corrected chi connectivity index (χ0v) is 18.9. The molecule has 0 radical (unpaired) electrons. The summed E-state index contributed by atoms with van der Waals surface area (Å²) in [5.41, 5.74) is 0. The van der Waals surface area contributed by atoms with Crippen molar-refractivity contribution in [2.75, 3.05) is 13.2 Å². The van der Waals surface area contributed by atoms with E-state index >= 15 is 0 Å². The molecule has 0 unspecified atom stereocenters. The summed E-state index contributed by atoms with van der Waals surface area (Å²) in [5, 5.41) is 0. The molecule has 6 nitrogen and oxygen atoms in total. The fraction of sp³-hybridized carbons (Fsp3) is 0.750. The lowest BCUT2D eigenvalue weighted by molar-refractivity contribution is -0.144. The van der Waals surface area contributed by atoms with Gasteiger partial charge >= 0.3 is 11.9 Å². The van der Waals surface area contributed by atoms with Gasteiger partial charge in [0, 0.05) is 25.0 Å². The van der Waals surface area contributed by atoms with Gasteiger partial charge in [-0.3, -0.25) is 9.59 Å². The van der Waals surface area contributed by atoms with Crippen molar-refractivity contribution < 1.29 is 28.7 Å². The summed E-state index contributed by atoms with van der Waals surface area (Å²) in [6.45, 7) is 3.74. The van der Waals surface area contributed by atoms with Gasteiger partial charge in [0.25, 0.3) is 0 Å². The molecular formula is C24H40O6. The summed E-state index contributed by atoms with van der Waals surface area (Å²) in [5.74, 6) is -1.81. The third kappa shape index (κ3) is 19.3. The van der Waals surface area contributed by atoms with Crippen LogP contribution in [-0.4, -0.2) is 36.7 Å². The van der Waals surface area contributed by atoms with E-state index in [1.165, 1.54) is 38.5 Å². The largest absolute Gasteiger partial charge is 0.455 e. The van der Waals surface area contributed by atoms with Gasteiger partial charge in [0.15, 0.2) is 11.6 Å².